The quantitative estimate of drug-likeness (QED) is 0.784. The van der Waals surface area contributed by atoms with E-state index in [4.69, 9.17) is 9.47 Å². The fraction of sp³-hybridized carbons (Fsp3) is 0.650. The van der Waals surface area contributed by atoms with E-state index in [2.05, 4.69) is 11.0 Å². The van der Waals surface area contributed by atoms with Crippen molar-refractivity contribution in [3.05, 3.63) is 29.8 Å². The first kappa shape index (κ1) is 18.2. The van der Waals surface area contributed by atoms with Crippen molar-refractivity contribution in [2.24, 2.45) is 0 Å². The van der Waals surface area contributed by atoms with Crippen LogP contribution in [0.1, 0.15) is 38.2 Å². The maximum atomic E-state index is 12.0. The van der Waals surface area contributed by atoms with Gasteiger partial charge in [-0.15, -0.1) is 0 Å². The summed E-state index contributed by atoms with van der Waals surface area (Å²) in [5.74, 6) is 1.04. The molecule has 2 aliphatic heterocycles. The Balaban J connectivity index is 1.71. The van der Waals surface area contributed by atoms with Gasteiger partial charge < -0.3 is 14.4 Å². The van der Waals surface area contributed by atoms with Crippen LogP contribution in [0.2, 0.25) is 0 Å². The van der Waals surface area contributed by atoms with E-state index in [0.29, 0.717) is 19.2 Å². The van der Waals surface area contributed by atoms with Crippen LogP contribution in [0, 0.1) is 0 Å². The molecule has 0 atom stereocenters. The number of carbonyl (C=O) groups excluding carboxylic acids is 1. The van der Waals surface area contributed by atoms with Crippen molar-refractivity contribution in [1.29, 1.82) is 0 Å². The van der Waals surface area contributed by atoms with Gasteiger partial charge in [0.05, 0.1) is 0 Å². The normalized spacial score (nSPS) is 21.6. The summed E-state index contributed by atoms with van der Waals surface area (Å²) in [5.41, 5.74) is 1.09. The second-order valence-electron chi connectivity index (χ2n) is 6.98. The molecule has 5 nitrogen and oxygen atoms in total. The first-order valence-electron chi connectivity index (χ1n) is 9.52. The first-order chi connectivity index (χ1) is 12.2. The number of carbonyl (C=O) groups is 1. The van der Waals surface area contributed by atoms with Crippen LogP contribution in [-0.2, 0) is 16.1 Å². The maximum absolute atomic E-state index is 12.0. The Bertz CT molecular complexity index is 558. The molecule has 0 radical (unpaired) electrons. The molecule has 0 saturated carbocycles. The van der Waals surface area contributed by atoms with E-state index in [1.54, 1.807) is 6.92 Å². The monoisotopic (exact) mass is 346 g/mol. The van der Waals surface area contributed by atoms with Crippen molar-refractivity contribution in [3.8, 4) is 5.75 Å². The van der Waals surface area contributed by atoms with Crippen molar-refractivity contribution in [2.75, 3.05) is 39.5 Å². The third-order valence-electron chi connectivity index (χ3n) is 5.25. The molecule has 2 heterocycles. The molecule has 1 fully saturated rings. The number of hydrogen-bond donors (Lipinski definition) is 0. The van der Waals surface area contributed by atoms with Gasteiger partial charge in [0, 0.05) is 51.4 Å². The molecular formula is C20H30N2O3. The van der Waals surface area contributed by atoms with Gasteiger partial charge >= 0.3 is 0 Å². The van der Waals surface area contributed by atoms with Gasteiger partial charge in [-0.3, -0.25) is 9.69 Å². The molecule has 0 aliphatic carbocycles. The van der Waals surface area contributed by atoms with E-state index in [1.165, 1.54) is 0 Å². The number of rotatable bonds is 1. The Labute approximate surface area is 150 Å². The highest BCUT2D eigenvalue weighted by molar-refractivity contribution is 5.73. The van der Waals surface area contributed by atoms with E-state index in [0.717, 1.165) is 69.8 Å². The van der Waals surface area contributed by atoms with E-state index < -0.39 is 0 Å². The zero-order chi connectivity index (χ0) is 17.5. The Kier molecular flexibility index (Phi) is 6.70. The van der Waals surface area contributed by atoms with Gasteiger partial charge in [-0.25, -0.2) is 0 Å². The van der Waals surface area contributed by atoms with Crippen LogP contribution in [0.25, 0.3) is 0 Å². The maximum Gasteiger partial charge on any atom is 0.219 e. The van der Waals surface area contributed by atoms with Gasteiger partial charge in [-0.1, -0.05) is 18.2 Å². The molecule has 0 bridgehead atoms. The molecule has 0 N–H and O–H groups in total. The van der Waals surface area contributed by atoms with E-state index in [9.17, 15) is 4.79 Å². The number of ether oxygens (including phenoxy) is 2. The summed E-state index contributed by atoms with van der Waals surface area (Å²) in [4.78, 5) is 16.5. The van der Waals surface area contributed by atoms with Gasteiger partial charge in [0.25, 0.3) is 0 Å². The van der Waals surface area contributed by atoms with Crippen LogP contribution in [-0.4, -0.2) is 61.2 Å². The molecule has 1 aromatic rings. The van der Waals surface area contributed by atoms with Crippen LogP contribution >= 0.6 is 0 Å². The summed E-state index contributed by atoms with van der Waals surface area (Å²) in [6.45, 7) is 7.54. The number of nitrogens with zero attached hydrogens (tertiary/aromatic N) is 2. The Morgan fingerprint density at radius 2 is 1.80 bits per heavy atom. The van der Waals surface area contributed by atoms with E-state index >= 15 is 0 Å². The highest BCUT2D eigenvalue weighted by Gasteiger charge is 2.22. The fourth-order valence-electron chi connectivity index (χ4n) is 3.75. The fourth-order valence-corrected chi connectivity index (χ4v) is 3.75. The lowest BCUT2D eigenvalue weighted by atomic mass is 10.1. The minimum absolute atomic E-state index is 0.133. The van der Waals surface area contributed by atoms with Crippen molar-refractivity contribution >= 4 is 5.91 Å². The average molecular weight is 346 g/mol. The van der Waals surface area contributed by atoms with Crippen LogP contribution in [0.4, 0.5) is 0 Å². The number of hydrogen-bond acceptors (Lipinski definition) is 4. The number of benzene rings is 1. The molecule has 1 amide bonds. The van der Waals surface area contributed by atoms with Crippen LogP contribution in [0.5, 0.6) is 5.75 Å². The lowest BCUT2D eigenvalue weighted by Crippen LogP contribution is -2.42. The van der Waals surface area contributed by atoms with Gasteiger partial charge in [-0.05, 0) is 38.3 Å². The average Bonchev–Trinajstić information content (AvgIpc) is 2.63. The van der Waals surface area contributed by atoms with E-state index in [-0.39, 0.29) is 5.91 Å². The number of fused-ring (bicyclic) bond motifs is 1. The standard InChI is InChI=1S/C20H30N2O3/c1-17(23)22-11-5-4-10-21(19-8-13-24-14-9-19)12-15-25-20-7-3-2-6-18(20)16-22/h2-3,6-7,19H,4-5,8-16H2,1H3. The third kappa shape index (κ3) is 5.19. The van der Waals surface area contributed by atoms with E-state index in [1.807, 2.05) is 23.1 Å². The molecule has 5 heteroatoms. The van der Waals surface area contributed by atoms with Gasteiger partial charge in [-0.2, -0.15) is 0 Å². The third-order valence-corrected chi connectivity index (χ3v) is 5.25. The molecule has 0 spiro atoms. The number of amides is 1. The molecule has 0 aromatic heterocycles. The second-order valence-corrected chi connectivity index (χ2v) is 6.98. The molecule has 138 valence electrons. The molecule has 1 saturated heterocycles. The zero-order valence-electron chi connectivity index (χ0n) is 15.3. The van der Waals surface area contributed by atoms with Gasteiger partial charge in [0.1, 0.15) is 12.4 Å². The summed E-state index contributed by atoms with van der Waals surface area (Å²) in [5, 5.41) is 0. The summed E-state index contributed by atoms with van der Waals surface area (Å²) >= 11 is 0. The summed E-state index contributed by atoms with van der Waals surface area (Å²) in [6, 6.07) is 8.69. The predicted molar refractivity (Wildman–Crippen MR) is 97.7 cm³/mol. The van der Waals surface area contributed by atoms with Crippen LogP contribution < -0.4 is 4.74 Å². The smallest absolute Gasteiger partial charge is 0.219 e. The minimum Gasteiger partial charge on any atom is -0.492 e. The molecular weight excluding hydrogens is 316 g/mol. The Morgan fingerprint density at radius 1 is 1.04 bits per heavy atom. The SMILES string of the molecule is CC(=O)N1CCCCN(C2CCOCC2)CCOc2ccccc2C1. The molecule has 25 heavy (non-hydrogen) atoms. The van der Waals surface area contributed by atoms with Crippen molar-refractivity contribution < 1.29 is 14.3 Å². The topological polar surface area (TPSA) is 42.0 Å². The lowest BCUT2D eigenvalue weighted by Gasteiger charge is -2.35. The van der Waals surface area contributed by atoms with Gasteiger partial charge in [0.2, 0.25) is 5.91 Å². The second kappa shape index (κ2) is 9.20. The largest absolute Gasteiger partial charge is 0.492 e. The molecule has 3 rings (SSSR count). The Hall–Kier alpha value is -1.59. The highest BCUT2D eigenvalue weighted by atomic mass is 16.5. The molecule has 1 aromatic carbocycles. The van der Waals surface area contributed by atoms with Crippen molar-refractivity contribution in [2.45, 2.75) is 45.2 Å². The highest BCUT2D eigenvalue weighted by Crippen LogP contribution is 2.22. The zero-order valence-corrected chi connectivity index (χ0v) is 15.3. The summed E-state index contributed by atoms with van der Waals surface area (Å²) < 4.78 is 11.6. The minimum atomic E-state index is 0.133. The summed E-state index contributed by atoms with van der Waals surface area (Å²) in [7, 11) is 0. The Morgan fingerprint density at radius 3 is 2.60 bits per heavy atom. The molecule has 0 unspecified atom stereocenters. The van der Waals surface area contributed by atoms with Gasteiger partial charge in [0.15, 0.2) is 0 Å². The first-order valence-corrected chi connectivity index (χ1v) is 9.52. The lowest BCUT2D eigenvalue weighted by molar-refractivity contribution is -0.129. The summed E-state index contributed by atoms with van der Waals surface area (Å²) in [6.07, 6.45) is 4.37. The number of para-hydroxylation sites is 1. The predicted octanol–water partition coefficient (Wildman–Crippen LogP) is 2.69. The van der Waals surface area contributed by atoms with Crippen LogP contribution in [0.3, 0.4) is 0 Å². The van der Waals surface area contributed by atoms with Crippen LogP contribution in [0.15, 0.2) is 24.3 Å². The van der Waals surface area contributed by atoms with Crippen molar-refractivity contribution in [3.63, 3.8) is 0 Å². The molecule has 2 aliphatic rings. The van der Waals surface area contributed by atoms with Crippen molar-refractivity contribution in [1.82, 2.24) is 9.80 Å².